The Hall–Kier alpha value is -3.02. The lowest BCUT2D eigenvalue weighted by molar-refractivity contribution is -0.132. The maximum Gasteiger partial charge on any atom is 0.224 e. The highest BCUT2D eigenvalue weighted by Gasteiger charge is 2.33. The summed E-state index contributed by atoms with van der Waals surface area (Å²) >= 11 is 0. The first-order valence-corrected chi connectivity index (χ1v) is 9.60. The number of methoxy groups -OCH3 is 2. The SMILES string of the molecule is COc1ccc(OC)c(CN(C(=O)CCn2cnc3ccccc32)C2CC2)c1. The van der Waals surface area contributed by atoms with Gasteiger partial charge < -0.3 is 18.9 Å². The summed E-state index contributed by atoms with van der Waals surface area (Å²) in [6.45, 7) is 1.16. The molecule has 4 rings (SSSR count). The van der Waals surface area contributed by atoms with Crippen molar-refractivity contribution in [3.8, 4) is 11.5 Å². The van der Waals surface area contributed by atoms with Gasteiger partial charge in [-0.3, -0.25) is 4.79 Å². The number of aryl methyl sites for hydroxylation is 1. The number of amides is 1. The molecular formula is C22H25N3O3. The Bertz CT molecular complexity index is 978. The van der Waals surface area contributed by atoms with E-state index in [9.17, 15) is 4.79 Å². The largest absolute Gasteiger partial charge is 0.497 e. The highest BCUT2D eigenvalue weighted by atomic mass is 16.5. The standard InChI is InChI=1S/C22H25N3O3/c1-27-18-9-10-21(28-2)16(13-18)14-25(17-7-8-17)22(26)11-12-24-15-23-19-5-3-4-6-20(19)24/h3-6,9-10,13,15,17H,7-8,11-12,14H2,1-2H3. The lowest BCUT2D eigenvalue weighted by Crippen LogP contribution is -2.33. The Morgan fingerprint density at radius 2 is 2.00 bits per heavy atom. The van der Waals surface area contributed by atoms with Gasteiger partial charge in [0, 0.05) is 31.1 Å². The first-order chi connectivity index (χ1) is 13.7. The van der Waals surface area contributed by atoms with Crippen LogP contribution in [0.4, 0.5) is 0 Å². The van der Waals surface area contributed by atoms with Gasteiger partial charge in [-0.15, -0.1) is 0 Å². The normalized spacial score (nSPS) is 13.5. The second kappa shape index (κ2) is 7.92. The van der Waals surface area contributed by atoms with Crippen LogP contribution in [0.2, 0.25) is 0 Å². The monoisotopic (exact) mass is 379 g/mol. The van der Waals surface area contributed by atoms with E-state index in [-0.39, 0.29) is 5.91 Å². The molecule has 2 aromatic carbocycles. The Labute approximate surface area is 164 Å². The zero-order valence-corrected chi connectivity index (χ0v) is 16.3. The molecule has 6 heteroatoms. The second-order valence-corrected chi connectivity index (χ2v) is 7.11. The van der Waals surface area contributed by atoms with Crippen LogP contribution in [-0.2, 0) is 17.9 Å². The highest BCUT2D eigenvalue weighted by Crippen LogP contribution is 2.32. The number of carbonyl (C=O) groups is 1. The molecule has 28 heavy (non-hydrogen) atoms. The summed E-state index contributed by atoms with van der Waals surface area (Å²) in [7, 11) is 3.30. The summed E-state index contributed by atoms with van der Waals surface area (Å²) in [5.41, 5.74) is 2.98. The summed E-state index contributed by atoms with van der Waals surface area (Å²) in [5.74, 6) is 1.70. The van der Waals surface area contributed by atoms with Gasteiger partial charge in [-0.25, -0.2) is 4.98 Å². The highest BCUT2D eigenvalue weighted by molar-refractivity contribution is 5.78. The zero-order valence-electron chi connectivity index (χ0n) is 16.3. The van der Waals surface area contributed by atoms with Gasteiger partial charge in [-0.2, -0.15) is 0 Å². The minimum absolute atomic E-state index is 0.158. The van der Waals surface area contributed by atoms with Crippen LogP contribution in [0.5, 0.6) is 11.5 Å². The van der Waals surface area contributed by atoms with Crippen molar-refractivity contribution >= 4 is 16.9 Å². The first-order valence-electron chi connectivity index (χ1n) is 9.60. The van der Waals surface area contributed by atoms with E-state index < -0.39 is 0 Å². The summed E-state index contributed by atoms with van der Waals surface area (Å²) in [6, 6.07) is 14.0. The molecule has 1 saturated carbocycles. The van der Waals surface area contributed by atoms with Crippen LogP contribution in [0.1, 0.15) is 24.8 Å². The lowest BCUT2D eigenvalue weighted by Gasteiger charge is -2.24. The number of imidazole rings is 1. The molecule has 0 spiro atoms. The average Bonchev–Trinajstić information content (AvgIpc) is 3.49. The molecule has 0 saturated heterocycles. The van der Waals surface area contributed by atoms with Crippen molar-refractivity contribution in [2.45, 2.75) is 38.4 Å². The number of hydrogen-bond acceptors (Lipinski definition) is 4. The quantitative estimate of drug-likeness (QED) is 0.600. The van der Waals surface area contributed by atoms with E-state index in [2.05, 4.69) is 4.98 Å². The fourth-order valence-electron chi connectivity index (χ4n) is 3.54. The third-order valence-electron chi connectivity index (χ3n) is 5.23. The van der Waals surface area contributed by atoms with Crippen LogP contribution in [0.25, 0.3) is 11.0 Å². The van der Waals surface area contributed by atoms with Crippen LogP contribution in [-0.4, -0.2) is 40.6 Å². The number of carbonyl (C=O) groups excluding carboxylic acids is 1. The third kappa shape index (κ3) is 3.81. The lowest BCUT2D eigenvalue weighted by atomic mass is 10.1. The van der Waals surface area contributed by atoms with Crippen LogP contribution < -0.4 is 9.47 Å². The van der Waals surface area contributed by atoms with E-state index in [1.54, 1.807) is 14.2 Å². The molecule has 0 aliphatic heterocycles. The molecule has 1 aliphatic carbocycles. The third-order valence-corrected chi connectivity index (χ3v) is 5.23. The fourth-order valence-corrected chi connectivity index (χ4v) is 3.54. The summed E-state index contributed by atoms with van der Waals surface area (Å²) in [5, 5.41) is 0. The number of aromatic nitrogens is 2. The van der Waals surface area contributed by atoms with Gasteiger partial charge in [0.2, 0.25) is 5.91 Å². The maximum absolute atomic E-state index is 13.0. The molecule has 1 heterocycles. The predicted molar refractivity (Wildman–Crippen MR) is 107 cm³/mol. The van der Waals surface area contributed by atoms with Crippen molar-refractivity contribution < 1.29 is 14.3 Å². The first kappa shape index (κ1) is 18.3. The van der Waals surface area contributed by atoms with Crippen molar-refractivity contribution in [1.29, 1.82) is 0 Å². The number of rotatable bonds is 8. The number of ether oxygens (including phenoxy) is 2. The molecule has 0 radical (unpaired) electrons. The van der Waals surface area contributed by atoms with E-state index in [0.29, 0.717) is 25.6 Å². The summed E-state index contributed by atoms with van der Waals surface area (Å²) in [6.07, 6.45) is 4.38. The number of hydrogen-bond donors (Lipinski definition) is 0. The Morgan fingerprint density at radius 1 is 1.18 bits per heavy atom. The predicted octanol–water partition coefficient (Wildman–Crippen LogP) is 3.63. The topological polar surface area (TPSA) is 56.6 Å². The molecule has 146 valence electrons. The maximum atomic E-state index is 13.0. The van der Waals surface area contributed by atoms with Crippen LogP contribution in [0, 0.1) is 0 Å². The van der Waals surface area contributed by atoms with Crippen LogP contribution >= 0.6 is 0 Å². The fraction of sp³-hybridized carbons (Fsp3) is 0.364. The number of para-hydroxylation sites is 2. The number of benzene rings is 2. The molecule has 3 aromatic rings. The molecule has 0 N–H and O–H groups in total. The van der Waals surface area contributed by atoms with E-state index >= 15 is 0 Å². The molecule has 1 aliphatic rings. The molecule has 0 atom stereocenters. The van der Waals surface area contributed by atoms with E-state index in [4.69, 9.17) is 9.47 Å². The zero-order chi connectivity index (χ0) is 19.5. The van der Waals surface area contributed by atoms with Crippen molar-refractivity contribution in [2.75, 3.05) is 14.2 Å². The molecule has 6 nitrogen and oxygen atoms in total. The van der Waals surface area contributed by atoms with E-state index in [1.165, 1.54) is 0 Å². The average molecular weight is 379 g/mol. The van der Waals surface area contributed by atoms with Gasteiger partial charge in [-0.1, -0.05) is 12.1 Å². The van der Waals surface area contributed by atoms with Gasteiger partial charge in [0.05, 0.1) is 31.6 Å². The van der Waals surface area contributed by atoms with Gasteiger partial charge >= 0.3 is 0 Å². The number of nitrogens with zero attached hydrogens (tertiary/aromatic N) is 3. The second-order valence-electron chi connectivity index (χ2n) is 7.11. The summed E-state index contributed by atoms with van der Waals surface area (Å²) in [4.78, 5) is 19.4. The molecule has 0 bridgehead atoms. The Balaban J connectivity index is 1.48. The molecule has 0 unspecified atom stereocenters. The van der Waals surface area contributed by atoms with Crippen molar-refractivity contribution in [3.63, 3.8) is 0 Å². The van der Waals surface area contributed by atoms with E-state index in [1.807, 2.05) is 58.3 Å². The minimum Gasteiger partial charge on any atom is -0.497 e. The van der Waals surface area contributed by atoms with Crippen molar-refractivity contribution in [1.82, 2.24) is 14.5 Å². The van der Waals surface area contributed by atoms with Crippen molar-refractivity contribution in [2.24, 2.45) is 0 Å². The molecule has 1 aromatic heterocycles. The smallest absolute Gasteiger partial charge is 0.224 e. The van der Waals surface area contributed by atoms with Gasteiger partial charge in [0.1, 0.15) is 11.5 Å². The van der Waals surface area contributed by atoms with Crippen LogP contribution in [0.3, 0.4) is 0 Å². The van der Waals surface area contributed by atoms with Gasteiger partial charge in [0.25, 0.3) is 0 Å². The molecular weight excluding hydrogens is 354 g/mol. The molecule has 1 amide bonds. The molecule has 1 fully saturated rings. The van der Waals surface area contributed by atoms with E-state index in [0.717, 1.165) is 40.9 Å². The van der Waals surface area contributed by atoms with Crippen molar-refractivity contribution in [3.05, 3.63) is 54.4 Å². The van der Waals surface area contributed by atoms with Gasteiger partial charge in [0.15, 0.2) is 0 Å². The number of fused-ring (bicyclic) bond motifs is 1. The van der Waals surface area contributed by atoms with Gasteiger partial charge in [-0.05, 0) is 43.2 Å². The Morgan fingerprint density at radius 3 is 2.75 bits per heavy atom. The van der Waals surface area contributed by atoms with Crippen LogP contribution in [0.15, 0.2) is 48.8 Å². The Kier molecular flexibility index (Phi) is 5.19. The summed E-state index contributed by atoms with van der Waals surface area (Å²) < 4.78 is 12.9. The minimum atomic E-state index is 0.158.